The Kier molecular flexibility index (Phi) is 5.01. The van der Waals surface area contributed by atoms with E-state index in [4.69, 9.17) is 4.74 Å². The Bertz CT molecular complexity index is 461. The number of likely N-dealkylation sites (tertiary alicyclic amines) is 1. The second-order valence-corrected chi connectivity index (χ2v) is 5.52. The minimum atomic E-state index is -0.714. The molecule has 4 nitrogen and oxygen atoms in total. The summed E-state index contributed by atoms with van der Waals surface area (Å²) in [5, 5.41) is 9.34. The van der Waals surface area contributed by atoms with E-state index in [0.717, 1.165) is 30.7 Å². The first-order valence-electron chi connectivity index (χ1n) is 7.30. The molecule has 1 aromatic carbocycles. The molecular weight excluding hydrogens is 254 g/mol. The molecule has 1 aromatic rings. The lowest BCUT2D eigenvalue weighted by Crippen LogP contribution is -2.38. The van der Waals surface area contributed by atoms with Crippen molar-refractivity contribution in [3.63, 3.8) is 0 Å². The quantitative estimate of drug-likeness (QED) is 0.868. The highest BCUT2D eigenvalue weighted by Crippen LogP contribution is 2.26. The molecule has 2 rings (SSSR count). The molecule has 1 fully saturated rings. The van der Waals surface area contributed by atoms with E-state index in [1.54, 1.807) is 0 Å². The van der Waals surface area contributed by atoms with Crippen LogP contribution in [0, 0.1) is 5.92 Å². The van der Waals surface area contributed by atoms with Crippen LogP contribution in [-0.2, 0) is 11.3 Å². The molecule has 0 aliphatic carbocycles. The number of carbonyl (C=O) groups is 1. The number of hydrogen-bond donors (Lipinski definition) is 1. The Labute approximate surface area is 120 Å². The van der Waals surface area contributed by atoms with Crippen molar-refractivity contribution in [2.75, 3.05) is 13.2 Å². The van der Waals surface area contributed by atoms with Crippen LogP contribution in [0.25, 0.3) is 0 Å². The first-order valence-corrected chi connectivity index (χ1v) is 7.30. The number of ether oxygens (including phenoxy) is 1. The smallest absolute Gasteiger partial charge is 0.321 e. The molecule has 0 bridgehead atoms. The minimum Gasteiger partial charge on any atom is -0.494 e. The highest BCUT2D eigenvalue weighted by Gasteiger charge is 2.36. The van der Waals surface area contributed by atoms with Gasteiger partial charge in [-0.15, -0.1) is 0 Å². The van der Waals surface area contributed by atoms with Gasteiger partial charge in [-0.2, -0.15) is 0 Å². The van der Waals surface area contributed by atoms with E-state index in [1.807, 2.05) is 36.1 Å². The van der Waals surface area contributed by atoms with Crippen LogP contribution in [0.3, 0.4) is 0 Å². The van der Waals surface area contributed by atoms with Crippen LogP contribution < -0.4 is 4.74 Å². The van der Waals surface area contributed by atoms with E-state index in [9.17, 15) is 9.90 Å². The van der Waals surface area contributed by atoms with Crippen LogP contribution >= 0.6 is 0 Å². The van der Waals surface area contributed by atoms with E-state index >= 15 is 0 Å². The van der Waals surface area contributed by atoms with Gasteiger partial charge in [0.05, 0.1) is 6.61 Å². The Balaban J connectivity index is 2.04. The van der Waals surface area contributed by atoms with E-state index in [1.165, 1.54) is 0 Å². The summed E-state index contributed by atoms with van der Waals surface area (Å²) < 4.78 is 5.62. The highest BCUT2D eigenvalue weighted by molar-refractivity contribution is 5.74. The second kappa shape index (κ2) is 6.75. The van der Waals surface area contributed by atoms with Gasteiger partial charge in [0.2, 0.25) is 0 Å². The van der Waals surface area contributed by atoms with Crippen molar-refractivity contribution in [2.45, 2.75) is 39.3 Å². The molecule has 20 heavy (non-hydrogen) atoms. The zero-order valence-corrected chi connectivity index (χ0v) is 12.2. The molecule has 1 saturated heterocycles. The third-order valence-corrected chi connectivity index (χ3v) is 3.81. The maximum absolute atomic E-state index is 11.4. The summed E-state index contributed by atoms with van der Waals surface area (Å²) >= 11 is 0. The predicted molar refractivity (Wildman–Crippen MR) is 77.8 cm³/mol. The van der Waals surface area contributed by atoms with Crippen molar-refractivity contribution >= 4 is 5.97 Å². The zero-order chi connectivity index (χ0) is 14.5. The number of benzene rings is 1. The summed E-state index contributed by atoms with van der Waals surface area (Å²) in [5.41, 5.74) is 1.11. The van der Waals surface area contributed by atoms with Crippen LogP contribution in [0.2, 0.25) is 0 Å². The van der Waals surface area contributed by atoms with Crippen LogP contribution in [0.15, 0.2) is 24.3 Å². The van der Waals surface area contributed by atoms with Gasteiger partial charge in [-0.1, -0.05) is 26.0 Å². The van der Waals surface area contributed by atoms with Crippen LogP contribution in [-0.4, -0.2) is 35.2 Å². The predicted octanol–water partition coefficient (Wildman–Crippen LogP) is 2.77. The molecule has 0 aromatic heterocycles. The summed E-state index contributed by atoms with van der Waals surface area (Å²) in [5.74, 6) is 0.365. The number of rotatable bonds is 6. The third kappa shape index (κ3) is 3.51. The molecule has 0 saturated carbocycles. The number of hydrogen-bond acceptors (Lipinski definition) is 3. The molecule has 1 N–H and O–H groups in total. The van der Waals surface area contributed by atoms with E-state index in [0.29, 0.717) is 13.2 Å². The molecular formula is C16H23NO3. The van der Waals surface area contributed by atoms with Gasteiger partial charge in [-0.05, 0) is 43.0 Å². The lowest BCUT2D eigenvalue weighted by atomic mass is 10.0. The summed E-state index contributed by atoms with van der Waals surface area (Å²) in [4.78, 5) is 13.4. The number of nitrogens with zero attached hydrogens (tertiary/aromatic N) is 1. The number of aliphatic carboxylic acids is 1. The monoisotopic (exact) mass is 277 g/mol. The fourth-order valence-electron chi connectivity index (χ4n) is 2.79. The molecule has 0 amide bonds. The summed E-state index contributed by atoms with van der Waals surface area (Å²) in [6.45, 7) is 6.32. The lowest BCUT2D eigenvalue weighted by Gasteiger charge is -2.23. The van der Waals surface area contributed by atoms with Gasteiger partial charge in [0.25, 0.3) is 0 Å². The first kappa shape index (κ1) is 14.9. The van der Waals surface area contributed by atoms with E-state index in [-0.39, 0.29) is 12.0 Å². The maximum atomic E-state index is 11.4. The van der Waals surface area contributed by atoms with Gasteiger partial charge in [0.1, 0.15) is 11.8 Å². The molecule has 1 aliphatic heterocycles. The Hall–Kier alpha value is -1.55. The average Bonchev–Trinajstić information content (AvgIpc) is 2.78. The standard InChI is InChI=1S/C16H23NO3/c1-3-9-20-14-6-4-5-13(10-14)11-17-8-7-12(2)15(17)16(18)19/h4-6,10,12,15H,3,7-9,11H2,1-2H3,(H,18,19). The summed E-state index contributed by atoms with van der Waals surface area (Å²) in [6, 6.07) is 7.59. The highest BCUT2D eigenvalue weighted by atomic mass is 16.5. The third-order valence-electron chi connectivity index (χ3n) is 3.81. The Morgan fingerprint density at radius 2 is 2.30 bits per heavy atom. The van der Waals surface area contributed by atoms with Gasteiger partial charge in [-0.3, -0.25) is 9.69 Å². The SMILES string of the molecule is CCCOc1cccc(CN2CCC(C)C2C(=O)O)c1. The van der Waals surface area contributed by atoms with Crippen molar-refractivity contribution in [3.8, 4) is 5.75 Å². The van der Waals surface area contributed by atoms with Gasteiger partial charge in [0, 0.05) is 6.54 Å². The molecule has 1 aliphatic rings. The van der Waals surface area contributed by atoms with Crippen molar-refractivity contribution in [2.24, 2.45) is 5.92 Å². The van der Waals surface area contributed by atoms with E-state index < -0.39 is 5.97 Å². The fourth-order valence-corrected chi connectivity index (χ4v) is 2.79. The molecule has 4 heteroatoms. The van der Waals surface area contributed by atoms with Crippen molar-refractivity contribution < 1.29 is 14.6 Å². The average molecular weight is 277 g/mol. The van der Waals surface area contributed by atoms with Gasteiger partial charge >= 0.3 is 5.97 Å². The van der Waals surface area contributed by atoms with Gasteiger partial charge < -0.3 is 9.84 Å². The normalized spacial score (nSPS) is 22.9. The Morgan fingerprint density at radius 1 is 1.50 bits per heavy atom. The van der Waals surface area contributed by atoms with Crippen LogP contribution in [0.4, 0.5) is 0 Å². The minimum absolute atomic E-state index is 0.215. The number of carboxylic acids is 1. The van der Waals surface area contributed by atoms with Crippen LogP contribution in [0.1, 0.15) is 32.3 Å². The van der Waals surface area contributed by atoms with E-state index in [2.05, 4.69) is 6.92 Å². The number of carboxylic acid groups (broad SMARTS) is 1. The zero-order valence-electron chi connectivity index (χ0n) is 12.2. The lowest BCUT2D eigenvalue weighted by molar-refractivity contribution is -0.143. The summed E-state index contributed by atoms with van der Waals surface area (Å²) in [6.07, 6.45) is 1.93. The van der Waals surface area contributed by atoms with Crippen molar-refractivity contribution in [3.05, 3.63) is 29.8 Å². The topological polar surface area (TPSA) is 49.8 Å². The fraction of sp³-hybridized carbons (Fsp3) is 0.562. The Morgan fingerprint density at radius 3 is 3.00 bits per heavy atom. The molecule has 1 heterocycles. The van der Waals surface area contributed by atoms with Crippen LogP contribution in [0.5, 0.6) is 5.75 Å². The maximum Gasteiger partial charge on any atom is 0.321 e. The molecule has 0 spiro atoms. The van der Waals surface area contributed by atoms with Gasteiger partial charge in [-0.25, -0.2) is 0 Å². The molecule has 2 atom stereocenters. The molecule has 0 radical (unpaired) electrons. The first-order chi connectivity index (χ1) is 9.61. The van der Waals surface area contributed by atoms with Crippen molar-refractivity contribution in [1.29, 1.82) is 0 Å². The summed E-state index contributed by atoms with van der Waals surface area (Å²) in [7, 11) is 0. The molecule has 110 valence electrons. The largest absolute Gasteiger partial charge is 0.494 e. The van der Waals surface area contributed by atoms with Crippen molar-refractivity contribution in [1.82, 2.24) is 4.90 Å². The molecule has 2 unspecified atom stereocenters. The van der Waals surface area contributed by atoms with Gasteiger partial charge in [0.15, 0.2) is 0 Å². The second-order valence-electron chi connectivity index (χ2n) is 5.52.